The topological polar surface area (TPSA) is 0 Å². The number of likely N-dealkylation sites (N-methyl/N-ethyl adjacent to an activating group) is 1. The minimum absolute atomic E-state index is 1.10. The van der Waals surface area contributed by atoms with E-state index in [0.29, 0.717) is 0 Å². The Balaban J connectivity index is 3.15. The number of nitrogens with zero attached hydrogens (tertiary/aromatic N) is 1. The summed E-state index contributed by atoms with van der Waals surface area (Å²) in [5, 5.41) is 0. The van der Waals surface area contributed by atoms with Crippen LogP contribution in [0.3, 0.4) is 0 Å². The van der Waals surface area contributed by atoms with Crippen molar-refractivity contribution in [3.05, 3.63) is 12.7 Å². The Morgan fingerprint density at radius 3 is 1.50 bits per heavy atom. The van der Waals surface area contributed by atoms with Gasteiger partial charge in [-0.3, -0.25) is 0 Å². The minimum atomic E-state index is 1.10. The monoisotopic (exact) mass is 282 g/mol. The Morgan fingerprint density at radius 1 is 0.700 bits per heavy atom. The molecule has 0 fully saturated rings. The van der Waals surface area contributed by atoms with Gasteiger partial charge in [0.15, 0.2) is 0 Å². The van der Waals surface area contributed by atoms with Crippen molar-refractivity contribution in [2.24, 2.45) is 0 Å². The predicted molar refractivity (Wildman–Crippen MR) is 93.1 cm³/mol. The van der Waals surface area contributed by atoms with Crippen LogP contribution in [0.5, 0.6) is 0 Å². The van der Waals surface area contributed by atoms with Crippen LogP contribution in [0.2, 0.25) is 0 Å². The zero-order valence-electron chi connectivity index (χ0n) is 14.6. The third-order valence-corrected chi connectivity index (χ3v) is 4.24. The minimum Gasteiger partial charge on any atom is -0.325 e. The Labute approximate surface area is 129 Å². The zero-order valence-corrected chi connectivity index (χ0v) is 14.6. The SMILES string of the molecule is C=CC[N+](C)(C)CCCCCCCCCCCCCC. The second-order valence-corrected chi connectivity index (χ2v) is 7.02. The molecule has 1 heteroatoms. The quantitative estimate of drug-likeness (QED) is 0.198. The molecule has 0 bridgehead atoms. The average Bonchev–Trinajstić information content (AvgIpc) is 2.40. The normalized spacial score (nSPS) is 11.8. The van der Waals surface area contributed by atoms with Gasteiger partial charge in [-0.2, -0.15) is 0 Å². The van der Waals surface area contributed by atoms with Crippen molar-refractivity contribution in [3.63, 3.8) is 0 Å². The highest BCUT2D eigenvalue weighted by atomic mass is 15.3. The summed E-state index contributed by atoms with van der Waals surface area (Å²) < 4.78 is 1.10. The molecule has 0 N–H and O–H groups in total. The Bertz CT molecular complexity index is 208. The molecule has 0 spiro atoms. The molecule has 0 aliphatic rings. The van der Waals surface area contributed by atoms with Crippen LogP contribution in [-0.4, -0.2) is 31.7 Å². The molecule has 0 amide bonds. The van der Waals surface area contributed by atoms with Gasteiger partial charge >= 0.3 is 0 Å². The lowest BCUT2D eigenvalue weighted by molar-refractivity contribution is -0.884. The smallest absolute Gasteiger partial charge is 0.0966 e. The first kappa shape index (κ1) is 19.7. The summed E-state index contributed by atoms with van der Waals surface area (Å²) >= 11 is 0. The van der Waals surface area contributed by atoms with Gasteiger partial charge in [-0.05, 0) is 18.9 Å². The van der Waals surface area contributed by atoms with Crippen LogP contribution in [0.4, 0.5) is 0 Å². The number of quaternary nitrogens is 1. The maximum Gasteiger partial charge on any atom is 0.0966 e. The Morgan fingerprint density at radius 2 is 1.10 bits per heavy atom. The highest BCUT2D eigenvalue weighted by molar-refractivity contribution is 4.64. The molecular weight excluding hydrogens is 242 g/mol. The fourth-order valence-corrected chi connectivity index (χ4v) is 2.82. The fourth-order valence-electron chi connectivity index (χ4n) is 2.82. The maximum atomic E-state index is 3.84. The third-order valence-electron chi connectivity index (χ3n) is 4.24. The Hall–Kier alpha value is -0.300. The molecular formula is C19H40N+. The first-order chi connectivity index (χ1) is 9.62. The first-order valence-corrected chi connectivity index (χ1v) is 9.05. The summed E-state index contributed by atoms with van der Waals surface area (Å²) in [6, 6.07) is 0. The van der Waals surface area contributed by atoms with E-state index in [0.717, 1.165) is 11.0 Å². The second-order valence-electron chi connectivity index (χ2n) is 7.02. The molecule has 0 unspecified atom stereocenters. The number of hydrogen-bond donors (Lipinski definition) is 0. The van der Waals surface area contributed by atoms with Gasteiger partial charge in [0.2, 0.25) is 0 Å². The van der Waals surface area contributed by atoms with Gasteiger partial charge < -0.3 is 4.48 Å². The summed E-state index contributed by atoms with van der Waals surface area (Å²) in [6.45, 7) is 8.52. The summed E-state index contributed by atoms with van der Waals surface area (Å²) in [5.74, 6) is 0. The lowest BCUT2D eigenvalue weighted by Gasteiger charge is -2.28. The van der Waals surface area contributed by atoms with Crippen LogP contribution in [0.25, 0.3) is 0 Å². The van der Waals surface area contributed by atoms with Gasteiger partial charge in [-0.1, -0.05) is 77.7 Å². The molecule has 0 aliphatic carbocycles. The van der Waals surface area contributed by atoms with Crippen molar-refractivity contribution < 1.29 is 4.48 Å². The molecule has 0 rings (SSSR count). The van der Waals surface area contributed by atoms with Gasteiger partial charge in [0, 0.05) is 0 Å². The molecule has 20 heavy (non-hydrogen) atoms. The average molecular weight is 283 g/mol. The summed E-state index contributed by atoms with van der Waals surface area (Å²) in [4.78, 5) is 0. The van der Waals surface area contributed by atoms with E-state index in [1.165, 1.54) is 83.6 Å². The van der Waals surface area contributed by atoms with E-state index in [-0.39, 0.29) is 0 Å². The highest BCUT2D eigenvalue weighted by Crippen LogP contribution is 2.12. The van der Waals surface area contributed by atoms with Crippen molar-refractivity contribution in [2.45, 2.75) is 84.0 Å². The molecule has 1 nitrogen and oxygen atoms in total. The molecule has 0 radical (unpaired) electrons. The van der Waals surface area contributed by atoms with E-state index in [2.05, 4.69) is 27.6 Å². The third kappa shape index (κ3) is 14.1. The van der Waals surface area contributed by atoms with Crippen LogP contribution >= 0.6 is 0 Å². The van der Waals surface area contributed by atoms with E-state index < -0.39 is 0 Å². The molecule has 0 saturated carbocycles. The van der Waals surface area contributed by atoms with Crippen LogP contribution in [-0.2, 0) is 0 Å². The Kier molecular flexibility index (Phi) is 13.5. The molecule has 0 aromatic carbocycles. The number of hydrogen-bond acceptors (Lipinski definition) is 0. The lowest BCUT2D eigenvalue weighted by atomic mass is 10.1. The van der Waals surface area contributed by atoms with Crippen molar-refractivity contribution in [2.75, 3.05) is 27.2 Å². The molecule has 0 aromatic heterocycles. The van der Waals surface area contributed by atoms with Crippen LogP contribution in [0.1, 0.15) is 84.0 Å². The van der Waals surface area contributed by atoms with Gasteiger partial charge in [-0.15, -0.1) is 0 Å². The van der Waals surface area contributed by atoms with Gasteiger partial charge in [0.25, 0.3) is 0 Å². The summed E-state index contributed by atoms with van der Waals surface area (Å²) in [5.41, 5.74) is 0. The van der Waals surface area contributed by atoms with E-state index in [1.54, 1.807) is 0 Å². The largest absolute Gasteiger partial charge is 0.325 e. The standard InChI is InChI=1S/C19H40N/c1-5-7-8-9-10-11-12-13-14-15-16-17-19-20(3,4)18-6-2/h6H,2,5,7-19H2,1,3-4H3/q+1. The first-order valence-electron chi connectivity index (χ1n) is 9.05. The lowest BCUT2D eigenvalue weighted by Crippen LogP contribution is -2.40. The van der Waals surface area contributed by atoms with Crippen LogP contribution in [0.15, 0.2) is 12.7 Å². The highest BCUT2D eigenvalue weighted by Gasteiger charge is 2.10. The van der Waals surface area contributed by atoms with Crippen molar-refractivity contribution in [3.8, 4) is 0 Å². The van der Waals surface area contributed by atoms with Crippen molar-refractivity contribution in [1.82, 2.24) is 0 Å². The second kappa shape index (κ2) is 13.7. The molecule has 0 atom stereocenters. The van der Waals surface area contributed by atoms with Gasteiger partial charge in [0.1, 0.15) is 0 Å². The van der Waals surface area contributed by atoms with E-state index in [1.807, 2.05) is 6.08 Å². The molecule has 0 heterocycles. The summed E-state index contributed by atoms with van der Waals surface area (Å²) in [6.07, 6.45) is 19.3. The van der Waals surface area contributed by atoms with Crippen LogP contribution in [0, 0.1) is 0 Å². The number of unbranched alkanes of at least 4 members (excludes halogenated alkanes) is 11. The molecule has 0 aromatic rings. The fraction of sp³-hybridized carbons (Fsp3) is 0.895. The number of rotatable bonds is 15. The maximum absolute atomic E-state index is 3.84. The molecule has 0 saturated heterocycles. The van der Waals surface area contributed by atoms with E-state index >= 15 is 0 Å². The van der Waals surface area contributed by atoms with Crippen molar-refractivity contribution >= 4 is 0 Å². The van der Waals surface area contributed by atoms with E-state index in [9.17, 15) is 0 Å². The van der Waals surface area contributed by atoms with E-state index in [4.69, 9.17) is 0 Å². The van der Waals surface area contributed by atoms with Gasteiger partial charge in [0.05, 0.1) is 27.2 Å². The van der Waals surface area contributed by atoms with Crippen molar-refractivity contribution in [1.29, 1.82) is 0 Å². The predicted octanol–water partition coefficient (Wildman–Crippen LogP) is 5.95. The molecule has 120 valence electrons. The zero-order chi connectivity index (χ0) is 15.1. The summed E-state index contributed by atoms with van der Waals surface area (Å²) in [7, 11) is 4.61. The van der Waals surface area contributed by atoms with Gasteiger partial charge in [-0.25, -0.2) is 0 Å². The molecule has 0 aliphatic heterocycles. The van der Waals surface area contributed by atoms with Crippen LogP contribution < -0.4 is 0 Å².